The molecule has 106 valence electrons. The fourth-order valence-electron chi connectivity index (χ4n) is 2.09. The zero-order chi connectivity index (χ0) is 13.7. The monoisotopic (exact) mass is 281 g/mol. The lowest BCUT2D eigenvalue weighted by Crippen LogP contribution is -2.21. The smallest absolute Gasteiger partial charge is 0.226 e. The fraction of sp³-hybridized carbons (Fsp3) is 0.714. The van der Waals surface area contributed by atoms with Crippen molar-refractivity contribution in [3.8, 4) is 5.88 Å². The summed E-state index contributed by atoms with van der Waals surface area (Å²) < 4.78 is 5.63. The topological polar surface area (TPSA) is 47.0 Å². The van der Waals surface area contributed by atoms with Gasteiger partial charge in [0.25, 0.3) is 0 Å². The molecule has 2 heterocycles. The molecule has 0 amide bonds. The summed E-state index contributed by atoms with van der Waals surface area (Å²) in [6.45, 7) is 6.91. The van der Waals surface area contributed by atoms with Crippen LogP contribution in [-0.2, 0) is 0 Å². The number of aromatic nitrogens is 2. The Morgan fingerprint density at radius 1 is 1.42 bits per heavy atom. The molecule has 1 aliphatic heterocycles. The maximum absolute atomic E-state index is 5.63. The van der Waals surface area contributed by atoms with E-state index in [1.54, 1.807) is 0 Å². The summed E-state index contributed by atoms with van der Waals surface area (Å²) in [4.78, 5) is 8.82. The third-order valence-corrected chi connectivity index (χ3v) is 4.35. The second-order valence-corrected chi connectivity index (χ2v) is 6.62. The van der Waals surface area contributed by atoms with Crippen molar-refractivity contribution in [3.63, 3.8) is 0 Å². The number of hydrogen-bond donors (Lipinski definition) is 1. The van der Waals surface area contributed by atoms with Crippen molar-refractivity contribution in [2.24, 2.45) is 0 Å². The van der Waals surface area contributed by atoms with Crippen LogP contribution in [0.25, 0.3) is 0 Å². The van der Waals surface area contributed by atoms with Crippen LogP contribution in [0, 0.1) is 6.92 Å². The van der Waals surface area contributed by atoms with Crippen molar-refractivity contribution in [2.75, 3.05) is 17.6 Å². The molecule has 1 unspecified atom stereocenters. The fourth-order valence-corrected chi connectivity index (χ4v) is 3.33. The number of thioether (sulfide) groups is 1. The number of nitrogens with zero attached hydrogens (tertiary/aromatic N) is 2. The second kappa shape index (κ2) is 6.98. The molecular weight excluding hydrogens is 258 g/mol. The van der Waals surface area contributed by atoms with Crippen molar-refractivity contribution in [2.45, 2.75) is 51.4 Å². The molecule has 0 aromatic carbocycles. The lowest BCUT2D eigenvalue weighted by molar-refractivity contribution is 0.232. The van der Waals surface area contributed by atoms with Gasteiger partial charge in [0.05, 0.1) is 6.10 Å². The van der Waals surface area contributed by atoms with E-state index in [2.05, 4.69) is 27.0 Å². The molecule has 4 nitrogen and oxygen atoms in total. The number of ether oxygens (including phenoxy) is 1. The summed E-state index contributed by atoms with van der Waals surface area (Å²) in [5.41, 5.74) is 0.935. The Bertz CT molecular complexity index is 406. The molecule has 1 fully saturated rings. The highest BCUT2D eigenvalue weighted by atomic mass is 32.2. The standard InChI is InChI=1S/C14H23N3OS/c1-10(2)18-13-8-11(3)16-14(17-13)15-9-12-6-4-5-7-19-12/h8,10,12H,4-7,9H2,1-3H3,(H,15,16,17). The average molecular weight is 281 g/mol. The highest BCUT2D eigenvalue weighted by molar-refractivity contribution is 7.99. The van der Waals surface area contributed by atoms with E-state index < -0.39 is 0 Å². The molecule has 0 aliphatic carbocycles. The summed E-state index contributed by atoms with van der Waals surface area (Å²) in [6, 6.07) is 1.88. The first kappa shape index (κ1) is 14.4. The molecule has 0 spiro atoms. The SMILES string of the molecule is Cc1cc(OC(C)C)nc(NCC2CCCCS2)n1. The lowest BCUT2D eigenvalue weighted by Gasteiger charge is -2.21. The summed E-state index contributed by atoms with van der Waals surface area (Å²) in [5.74, 6) is 2.62. The zero-order valence-electron chi connectivity index (χ0n) is 12.0. The molecule has 0 saturated carbocycles. The predicted molar refractivity (Wildman–Crippen MR) is 81.1 cm³/mol. The van der Waals surface area contributed by atoms with Crippen LogP contribution in [0.15, 0.2) is 6.07 Å². The van der Waals surface area contributed by atoms with Crippen LogP contribution in [0.5, 0.6) is 5.88 Å². The molecule has 1 aromatic rings. The number of aryl methyl sites for hydroxylation is 1. The van der Waals surface area contributed by atoms with Gasteiger partial charge in [-0.15, -0.1) is 0 Å². The summed E-state index contributed by atoms with van der Waals surface area (Å²) in [5, 5.41) is 4.03. The van der Waals surface area contributed by atoms with Crippen LogP contribution in [0.1, 0.15) is 38.8 Å². The van der Waals surface area contributed by atoms with Gasteiger partial charge in [0.1, 0.15) is 0 Å². The number of nitrogens with one attached hydrogen (secondary N) is 1. The Morgan fingerprint density at radius 3 is 2.95 bits per heavy atom. The van der Waals surface area contributed by atoms with E-state index in [-0.39, 0.29) is 6.10 Å². The molecule has 1 N–H and O–H groups in total. The van der Waals surface area contributed by atoms with Gasteiger partial charge in [-0.3, -0.25) is 0 Å². The maximum Gasteiger partial charge on any atom is 0.226 e. The quantitative estimate of drug-likeness (QED) is 0.897. The van der Waals surface area contributed by atoms with E-state index >= 15 is 0 Å². The maximum atomic E-state index is 5.63. The van der Waals surface area contributed by atoms with E-state index in [1.165, 1.54) is 25.0 Å². The minimum atomic E-state index is 0.135. The molecule has 1 saturated heterocycles. The molecule has 19 heavy (non-hydrogen) atoms. The van der Waals surface area contributed by atoms with E-state index in [4.69, 9.17) is 4.74 Å². The molecule has 2 rings (SSSR count). The molecule has 1 aromatic heterocycles. The summed E-state index contributed by atoms with van der Waals surface area (Å²) >= 11 is 2.05. The Morgan fingerprint density at radius 2 is 2.26 bits per heavy atom. The van der Waals surface area contributed by atoms with Crippen molar-refractivity contribution < 1.29 is 4.74 Å². The Kier molecular flexibility index (Phi) is 5.31. The van der Waals surface area contributed by atoms with Crippen LogP contribution in [0.3, 0.4) is 0 Å². The minimum Gasteiger partial charge on any atom is -0.475 e. The van der Waals surface area contributed by atoms with E-state index in [9.17, 15) is 0 Å². The van der Waals surface area contributed by atoms with Gasteiger partial charge in [-0.2, -0.15) is 16.7 Å². The van der Waals surface area contributed by atoms with Gasteiger partial charge in [0.2, 0.25) is 11.8 Å². The van der Waals surface area contributed by atoms with Gasteiger partial charge in [-0.05, 0) is 39.4 Å². The molecule has 1 aliphatic rings. The first-order valence-electron chi connectivity index (χ1n) is 7.01. The first-order valence-corrected chi connectivity index (χ1v) is 8.06. The summed E-state index contributed by atoms with van der Waals surface area (Å²) in [6.07, 6.45) is 4.12. The van der Waals surface area contributed by atoms with Crippen molar-refractivity contribution in [1.29, 1.82) is 0 Å². The Labute approximate surface area is 119 Å². The van der Waals surface area contributed by atoms with Gasteiger partial charge in [0.15, 0.2) is 0 Å². The van der Waals surface area contributed by atoms with E-state index in [0.717, 1.165) is 12.2 Å². The normalized spacial score (nSPS) is 19.5. The van der Waals surface area contributed by atoms with Crippen LogP contribution in [0.2, 0.25) is 0 Å². The van der Waals surface area contributed by atoms with E-state index in [0.29, 0.717) is 17.1 Å². The third kappa shape index (κ3) is 4.90. The van der Waals surface area contributed by atoms with Crippen molar-refractivity contribution >= 4 is 17.7 Å². The molecule has 0 bridgehead atoms. The largest absolute Gasteiger partial charge is 0.475 e. The lowest BCUT2D eigenvalue weighted by atomic mass is 10.2. The number of hydrogen-bond acceptors (Lipinski definition) is 5. The third-order valence-electron chi connectivity index (χ3n) is 2.95. The van der Waals surface area contributed by atoms with Gasteiger partial charge >= 0.3 is 0 Å². The highest BCUT2D eigenvalue weighted by Gasteiger charge is 2.14. The van der Waals surface area contributed by atoms with E-state index in [1.807, 2.05) is 26.8 Å². The molecule has 1 atom stereocenters. The number of rotatable bonds is 5. The van der Waals surface area contributed by atoms with Gasteiger partial charge < -0.3 is 10.1 Å². The highest BCUT2D eigenvalue weighted by Crippen LogP contribution is 2.25. The van der Waals surface area contributed by atoms with Crippen molar-refractivity contribution in [3.05, 3.63) is 11.8 Å². The van der Waals surface area contributed by atoms with Crippen molar-refractivity contribution in [1.82, 2.24) is 9.97 Å². The first-order chi connectivity index (χ1) is 9.13. The van der Waals surface area contributed by atoms with Gasteiger partial charge in [0, 0.05) is 23.6 Å². The molecule has 5 heteroatoms. The Balaban J connectivity index is 1.93. The average Bonchev–Trinajstić information content (AvgIpc) is 2.36. The van der Waals surface area contributed by atoms with Gasteiger partial charge in [-0.25, -0.2) is 4.98 Å². The predicted octanol–water partition coefficient (Wildman–Crippen LogP) is 3.27. The Hall–Kier alpha value is -0.970. The zero-order valence-corrected chi connectivity index (χ0v) is 12.8. The minimum absolute atomic E-state index is 0.135. The van der Waals surface area contributed by atoms with Crippen LogP contribution >= 0.6 is 11.8 Å². The molecule has 0 radical (unpaired) electrons. The number of anilines is 1. The van der Waals surface area contributed by atoms with Crippen LogP contribution in [0.4, 0.5) is 5.95 Å². The second-order valence-electron chi connectivity index (χ2n) is 5.21. The van der Waals surface area contributed by atoms with Gasteiger partial charge in [-0.1, -0.05) is 6.42 Å². The van der Waals surface area contributed by atoms with Crippen LogP contribution < -0.4 is 10.1 Å². The van der Waals surface area contributed by atoms with Crippen LogP contribution in [-0.4, -0.2) is 33.6 Å². The summed E-state index contributed by atoms with van der Waals surface area (Å²) in [7, 11) is 0. The molecular formula is C14H23N3OS.